The van der Waals surface area contributed by atoms with Crippen molar-refractivity contribution in [3.05, 3.63) is 0 Å². The summed E-state index contributed by atoms with van der Waals surface area (Å²) >= 11 is 0. The molecule has 0 aromatic rings. The first-order valence-electron chi connectivity index (χ1n) is 8.28. The van der Waals surface area contributed by atoms with Gasteiger partial charge >= 0.3 is 5.97 Å². The van der Waals surface area contributed by atoms with E-state index >= 15 is 0 Å². The van der Waals surface area contributed by atoms with E-state index in [4.69, 9.17) is 5.11 Å². The van der Waals surface area contributed by atoms with Gasteiger partial charge in [-0.2, -0.15) is 0 Å². The Morgan fingerprint density at radius 3 is 1.62 bits per heavy atom. The summed E-state index contributed by atoms with van der Waals surface area (Å²) in [5, 5.41) is 20.9. The molecule has 0 spiro atoms. The van der Waals surface area contributed by atoms with Crippen molar-refractivity contribution in [1.82, 2.24) is 26.6 Å². The summed E-state index contributed by atoms with van der Waals surface area (Å²) in [4.78, 5) is 56.0. The maximum absolute atomic E-state index is 11.5. The molecule has 0 aliphatic carbocycles. The van der Waals surface area contributed by atoms with Crippen molar-refractivity contribution in [1.29, 1.82) is 0 Å². The molecule has 4 amide bonds. The molecule has 148 valence electrons. The number of carboxylic acids is 1. The smallest absolute Gasteiger partial charge is 0.303 e. The van der Waals surface area contributed by atoms with Gasteiger partial charge in [0.1, 0.15) is 0 Å². The van der Waals surface area contributed by atoms with E-state index in [0.29, 0.717) is 6.54 Å². The molecule has 0 heterocycles. The Morgan fingerprint density at radius 1 is 0.654 bits per heavy atom. The molecule has 0 radical (unpaired) electrons. The average molecular weight is 373 g/mol. The second kappa shape index (κ2) is 14.6. The Bertz CT molecular complexity index is 497. The SMILES string of the molecule is CNCCCCNC(=O)CNC(=O)CNC(=O)CNC(=O)CCC(=O)O. The molecule has 0 aliphatic heterocycles. The molecule has 11 nitrogen and oxygen atoms in total. The molecule has 0 saturated heterocycles. The van der Waals surface area contributed by atoms with Gasteiger partial charge in [-0.15, -0.1) is 0 Å². The summed E-state index contributed by atoms with van der Waals surface area (Å²) in [5.74, 6) is -3.14. The highest BCUT2D eigenvalue weighted by atomic mass is 16.4. The van der Waals surface area contributed by atoms with Gasteiger partial charge in [0.25, 0.3) is 0 Å². The number of nitrogens with one attached hydrogen (secondary N) is 5. The van der Waals surface area contributed by atoms with Crippen molar-refractivity contribution in [2.75, 3.05) is 39.8 Å². The first kappa shape index (κ1) is 23.3. The Kier molecular flexibility index (Phi) is 13.1. The molecule has 26 heavy (non-hydrogen) atoms. The fourth-order valence-electron chi connectivity index (χ4n) is 1.69. The molecule has 0 unspecified atom stereocenters. The fourth-order valence-corrected chi connectivity index (χ4v) is 1.69. The lowest BCUT2D eigenvalue weighted by atomic mass is 10.3. The number of carbonyl (C=O) groups is 5. The minimum absolute atomic E-state index is 0.188. The van der Waals surface area contributed by atoms with Gasteiger partial charge < -0.3 is 31.7 Å². The zero-order chi connectivity index (χ0) is 19.8. The maximum Gasteiger partial charge on any atom is 0.303 e. The standard InChI is InChI=1S/C15H27N5O6/c1-16-6-2-3-7-17-12(22)8-19-14(24)10-20-13(23)9-18-11(21)4-5-15(25)26/h16H,2-10H2,1H3,(H,17,22)(H,18,21)(H,19,24)(H,20,23)(H,25,26). The Morgan fingerprint density at radius 2 is 1.12 bits per heavy atom. The third-order valence-corrected chi connectivity index (χ3v) is 3.08. The molecule has 0 rings (SSSR count). The molecular formula is C15H27N5O6. The molecule has 11 heteroatoms. The first-order valence-corrected chi connectivity index (χ1v) is 8.28. The van der Waals surface area contributed by atoms with E-state index in [9.17, 15) is 24.0 Å². The van der Waals surface area contributed by atoms with Crippen LogP contribution in [0, 0.1) is 0 Å². The monoisotopic (exact) mass is 373 g/mol. The van der Waals surface area contributed by atoms with Crippen molar-refractivity contribution in [2.45, 2.75) is 25.7 Å². The van der Waals surface area contributed by atoms with Crippen LogP contribution in [-0.2, 0) is 24.0 Å². The zero-order valence-corrected chi connectivity index (χ0v) is 14.9. The van der Waals surface area contributed by atoms with Gasteiger partial charge in [-0.3, -0.25) is 24.0 Å². The second-order valence-corrected chi connectivity index (χ2v) is 5.38. The van der Waals surface area contributed by atoms with E-state index in [1.165, 1.54) is 0 Å². The van der Waals surface area contributed by atoms with Gasteiger partial charge in [0.05, 0.1) is 26.1 Å². The minimum Gasteiger partial charge on any atom is -0.481 e. The summed E-state index contributed by atoms with van der Waals surface area (Å²) in [5.41, 5.74) is 0. The van der Waals surface area contributed by atoms with Crippen LogP contribution in [0.3, 0.4) is 0 Å². The predicted molar refractivity (Wildman–Crippen MR) is 92.1 cm³/mol. The van der Waals surface area contributed by atoms with Crippen LogP contribution in [0.25, 0.3) is 0 Å². The maximum atomic E-state index is 11.5. The Hall–Kier alpha value is -2.69. The van der Waals surface area contributed by atoms with Crippen LogP contribution in [0.4, 0.5) is 0 Å². The third kappa shape index (κ3) is 14.9. The molecule has 0 saturated carbocycles. The molecule has 0 aromatic carbocycles. The number of rotatable bonds is 14. The minimum atomic E-state index is -1.11. The second-order valence-electron chi connectivity index (χ2n) is 5.38. The predicted octanol–water partition coefficient (Wildman–Crippen LogP) is -2.68. The molecule has 0 bridgehead atoms. The van der Waals surface area contributed by atoms with Gasteiger partial charge in [-0.05, 0) is 26.4 Å². The normalized spacial score (nSPS) is 9.88. The topological polar surface area (TPSA) is 166 Å². The average Bonchev–Trinajstić information content (AvgIpc) is 2.60. The van der Waals surface area contributed by atoms with Crippen molar-refractivity contribution in [3.8, 4) is 0 Å². The lowest BCUT2D eigenvalue weighted by molar-refractivity contribution is -0.138. The van der Waals surface area contributed by atoms with E-state index in [1.807, 2.05) is 7.05 Å². The number of aliphatic carboxylic acids is 1. The highest BCUT2D eigenvalue weighted by Crippen LogP contribution is 1.87. The summed E-state index contributed by atoms with van der Waals surface area (Å²) in [6.45, 7) is 0.506. The molecule has 0 fully saturated rings. The summed E-state index contributed by atoms with van der Waals surface area (Å²) in [7, 11) is 1.85. The number of carboxylic acid groups (broad SMARTS) is 1. The van der Waals surface area contributed by atoms with Gasteiger partial charge in [-0.25, -0.2) is 0 Å². The lowest BCUT2D eigenvalue weighted by Crippen LogP contribution is -2.44. The van der Waals surface area contributed by atoms with E-state index in [-0.39, 0.29) is 38.4 Å². The van der Waals surface area contributed by atoms with Crippen LogP contribution in [0.2, 0.25) is 0 Å². The number of unbranched alkanes of at least 4 members (excludes halogenated alkanes) is 1. The van der Waals surface area contributed by atoms with Crippen LogP contribution in [-0.4, -0.2) is 74.5 Å². The number of hydrogen-bond acceptors (Lipinski definition) is 6. The van der Waals surface area contributed by atoms with E-state index in [2.05, 4.69) is 26.6 Å². The van der Waals surface area contributed by atoms with Crippen LogP contribution in [0.1, 0.15) is 25.7 Å². The molecule has 0 aliphatic rings. The van der Waals surface area contributed by atoms with Crippen molar-refractivity contribution >= 4 is 29.6 Å². The summed E-state index contributed by atoms with van der Waals surface area (Å²) in [6, 6.07) is 0. The molecule has 6 N–H and O–H groups in total. The van der Waals surface area contributed by atoms with Gasteiger partial charge in [-0.1, -0.05) is 0 Å². The van der Waals surface area contributed by atoms with Crippen molar-refractivity contribution in [3.63, 3.8) is 0 Å². The third-order valence-electron chi connectivity index (χ3n) is 3.08. The van der Waals surface area contributed by atoms with Crippen LogP contribution >= 0.6 is 0 Å². The molecular weight excluding hydrogens is 346 g/mol. The number of amides is 4. The van der Waals surface area contributed by atoms with Gasteiger partial charge in [0, 0.05) is 13.0 Å². The summed E-state index contributed by atoms with van der Waals surface area (Å²) < 4.78 is 0. The van der Waals surface area contributed by atoms with E-state index < -0.39 is 23.7 Å². The number of carbonyl (C=O) groups excluding carboxylic acids is 4. The zero-order valence-electron chi connectivity index (χ0n) is 14.9. The van der Waals surface area contributed by atoms with Crippen LogP contribution in [0.5, 0.6) is 0 Å². The Balaban J connectivity index is 3.71. The van der Waals surface area contributed by atoms with Gasteiger partial charge in [0.2, 0.25) is 23.6 Å². The van der Waals surface area contributed by atoms with E-state index in [1.54, 1.807) is 0 Å². The van der Waals surface area contributed by atoms with Gasteiger partial charge in [0.15, 0.2) is 0 Å². The van der Waals surface area contributed by atoms with Crippen LogP contribution in [0.15, 0.2) is 0 Å². The van der Waals surface area contributed by atoms with Crippen molar-refractivity contribution in [2.24, 2.45) is 0 Å². The molecule has 0 aromatic heterocycles. The summed E-state index contributed by atoms with van der Waals surface area (Å²) in [6.07, 6.45) is 1.21. The number of hydrogen-bond donors (Lipinski definition) is 6. The van der Waals surface area contributed by atoms with E-state index in [0.717, 1.165) is 19.4 Å². The fraction of sp³-hybridized carbons (Fsp3) is 0.667. The highest BCUT2D eigenvalue weighted by molar-refractivity contribution is 5.90. The molecule has 0 atom stereocenters. The quantitative estimate of drug-likeness (QED) is 0.180. The highest BCUT2D eigenvalue weighted by Gasteiger charge is 2.10. The first-order chi connectivity index (χ1) is 12.3. The Labute approximate surface area is 151 Å². The lowest BCUT2D eigenvalue weighted by Gasteiger charge is -2.08. The van der Waals surface area contributed by atoms with Crippen LogP contribution < -0.4 is 26.6 Å². The van der Waals surface area contributed by atoms with Crippen molar-refractivity contribution < 1.29 is 29.1 Å². The largest absolute Gasteiger partial charge is 0.481 e.